The molecule has 0 saturated carbocycles. The van der Waals surface area contributed by atoms with Gasteiger partial charge < -0.3 is 10.3 Å². The van der Waals surface area contributed by atoms with Gasteiger partial charge in [0.25, 0.3) is 5.91 Å². The Morgan fingerprint density at radius 3 is 2.81 bits per heavy atom. The molecule has 0 radical (unpaired) electrons. The number of primary amides is 1. The van der Waals surface area contributed by atoms with Crippen LogP contribution in [0.1, 0.15) is 16.2 Å². The molecule has 1 aromatic heterocycles. The molecule has 2 aromatic rings. The first kappa shape index (κ1) is 10.9. The van der Waals surface area contributed by atoms with Gasteiger partial charge in [-0.3, -0.25) is 4.79 Å². The van der Waals surface area contributed by atoms with Crippen LogP contribution in [0, 0.1) is 6.92 Å². The SMILES string of the molecule is Cc1nccn1-c1cc(Br)ccc1C(N)=O. The lowest BCUT2D eigenvalue weighted by Crippen LogP contribution is -2.14. The summed E-state index contributed by atoms with van der Waals surface area (Å²) in [6, 6.07) is 5.33. The van der Waals surface area contributed by atoms with Gasteiger partial charge in [0, 0.05) is 16.9 Å². The van der Waals surface area contributed by atoms with Crippen molar-refractivity contribution in [2.45, 2.75) is 6.92 Å². The van der Waals surface area contributed by atoms with Crippen molar-refractivity contribution in [2.75, 3.05) is 0 Å². The summed E-state index contributed by atoms with van der Waals surface area (Å²) >= 11 is 3.37. The number of aryl methyl sites for hydroxylation is 1. The topological polar surface area (TPSA) is 60.9 Å². The first-order chi connectivity index (χ1) is 7.59. The Morgan fingerprint density at radius 1 is 1.50 bits per heavy atom. The molecular formula is C11H10BrN3O. The number of hydrogen-bond donors (Lipinski definition) is 1. The quantitative estimate of drug-likeness (QED) is 0.915. The Balaban J connectivity index is 2.67. The molecule has 1 aromatic carbocycles. The predicted octanol–water partition coefficient (Wildman–Crippen LogP) is 2.04. The molecule has 0 saturated heterocycles. The van der Waals surface area contributed by atoms with E-state index in [9.17, 15) is 4.79 Å². The molecule has 1 amide bonds. The van der Waals surface area contributed by atoms with E-state index in [0.29, 0.717) is 5.56 Å². The Bertz CT molecular complexity index is 548. The molecule has 0 unspecified atom stereocenters. The van der Waals surface area contributed by atoms with Crippen molar-refractivity contribution in [2.24, 2.45) is 5.73 Å². The van der Waals surface area contributed by atoms with Crippen LogP contribution in [0.15, 0.2) is 35.1 Å². The van der Waals surface area contributed by atoms with Crippen LogP contribution in [-0.4, -0.2) is 15.5 Å². The third kappa shape index (κ3) is 1.86. The molecule has 5 heteroatoms. The lowest BCUT2D eigenvalue weighted by atomic mass is 10.1. The van der Waals surface area contributed by atoms with Gasteiger partial charge >= 0.3 is 0 Å². The zero-order valence-electron chi connectivity index (χ0n) is 8.64. The fourth-order valence-electron chi connectivity index (χ4n) is 1.55. The van der Waals surface area contributed by atoms with E-state index in [1.807, 2.05) is 17.6 Å². The highest BCUT2D eigenvalue weighted by atomic mass is 79.9. The number of benzene rings is 1. The Morgan fingerprint density at radius 2 is 2.25 bits per heavy atom. The minimum Gasteiger partial charge on any atom is -0.366 e. The molecule has 2 rings (SSSR count). The Hall–Kier alpha value is -1.62. The number of halogens is 1. The second-order valence-electron chi connectivity index (χ2n) is 3.37. The van der Waals surface area contributed by atoms with E-state index in [4.69, 9.17) is 5.73 Å². The summed E-state index contributed by atoms with van der Waals surface area (Å²) in [5.74, 6) is 0.358. The summed E-state index contributed by atoms with van der Waals surface area (Å²) in [7, 11) is 0. The van der Waals surface area contributed by atoms with E-state index >= 15 is 0 Å². The second-order valence-corrected chi connectivity index (χ2v) is 4.29. The number of nitrogens with two attached hydrogens (primary N) is 1. The number of hydrogen-bond acceptors (Lipinski definition) is 2. The van der Waals surface area contributed by atoms with Crippen LogP contribution in [0.25, 0.3) is 5.69 Å². The maximum Gasteiger partial charge on any atom is 0.250 e. The zero-order chi connectivity index (χ0) is 11.7. The molecule has 0 bridgehead atoms. The number of imidazole rings is 1. The fraction of sp³-hybridized carbons (Fsp3) is 0.0909. The summed E-state index contributed by atoms with van der Waals surface area (Å²) in [4.78, 5) is 15.4. The van der Waals surface area contributed by atoms with E-state index < -0.39 is 5.91 Å². The lowest BCUT2D eigenvalue weighted by Gasteiger charge is -2.09. The fourth-order valence-corrected chi connectivity index (χ4v) is 1.89. The van der Waals surface area contributed by atoms with Crippen molar-refractivity contribution >= 4 is 21.8 Å². The van der Waals surface area contributed by atoms with Crippen LogP contribution >= 0.6 is 15.9 Å². The molecular weight excluding hydrogens is 270 g/mol. The minimum atomic E-state index is -0.449. The second kappa shape index (κ2) is 4.09. The van der Waals surface area contributed by atoms with Crippen LogP contribution in [-0.2, 0) is 0 Å². The maximum atomic E-state index is 11.3. The first-order valence-corrected chi connectivity index (χ1v) is 5.48. The summed E-state index contributed by atoms with van der Waals surface area (Å²) in [5, 5.41) is 0. The minimum absolute atomic E-state index is 0.449. The molecule has 4 nitrogen and oxygen atoms in total. The molecule has 1 heterocycles. The first-order valence-electron chi connectivity index (χ1n) is 4.69. The van der Waals surface area contributed by atoms with Gasteiger partial charge in [0.1, 0.15) is 5.82 Å². The van der Waals surface area contributed by atoms with E-state index in [1.165, 1.54) is 0 Å². The van der Waals surface area contributed by atoms with Crippen LogP contribution in [0.3, 0.4) is 0 Å². The van der Waals surface area contributed by atoms with Gasteiger partial charge in [0.15, 0.2) is 0 Å². The van der Waals surface area contributed by atoms with Crippen molar-refractivity contribution in [3.05, 3.63) is 46.5 Å². The molecule has 0 aliphatic heterocycles. The van der Waals surface area contributed by atoms with E-state index in [-0.39, 0.29) is 0 Å². The van der Waals surface area contributed by atoms with E-state index in [0.717, 1.165) is 16.0 Å². The Kier molecular flexibility index (Phi) is 2.78. The third-order valence-corrected chi connectivity index (χ3v) is 2.80. The van der Waals surface area contributed by atoms with Crippen LogP contribution in [0.4, 0.5) is 0 Å². The van der Waals surface area contributed by atoms with Crippen molar-refractivity contribution in [1.29, 1.82) is 0 Å². The summed E-state index contributed by atoms with van der Waals surface area (Å²) in [6.45, 7) is 1.87. The largest absolute Gasteiger partial charge is 0.366 e. The third-order valence-electron chi connectivity index (χ3n) is 2.31. The smallest absolute Gasteiger partial charge is 0.250 e. The van der Waals surface area contributed by atoms with Gasteiger partial charge in [-0.15, -0.1) is 0 Å². The standard InChI is InChI=1S/C11H10BrN3O/c1-7-14-4-5-15(7)10-6-8(12)2-3-9(10)11(13)16/h2-6H,1H3,(H2,13,16). The average Bonchev–Trinajstić information content (AvgIpc) is 2.63. The highest BCUT2D eigenvalue weighted by Crippen LogP contribution is 2.21. The van der Waals surface area contributed by atoms with Crippen molar-refractivity contribution in [1.82, 2.24) is 9.55 Å². The van der Waals surface area contributed by atoms with Crippen LogP contribution in [0.5, 0.6) is 0 Å². The number of rotatable bonds is 2. The Labute approximate surface area is 101 Å². The molecule has 0 fully saturated rings. The molecule has 16 heavy (non-hydrogen) atoms. The van der Waals surface area contributed by atoms with Crippen molar-refractivity contribution < 1.29 is 4.79 Å². The molecule has 0 atom stereocenters. The van der Waals surface area contributed by atoms with Gasteiger partial charge in [0.05, 0.1) is 11.3 Å². The highest BCUT2D eigenvalue weighted by Gasteiger charge is 2.11. The normalized spacial score (nSPS) is 10.4. The van der Waals surface area contributed by atoms with Crippen molar-refractivity contribution in [3.8, 4) is 5.69 Å². The summed E-state index contributed by atoms with van der Waals surface area (Å²) < 4.78 is 2.71. The van der Waals surface area contributed by atoms with Gasteiger partial charge in [-0.2, -0.15) is 0 Å². The van der Waals surface area contributed by atoms with E-state index in [1.54, 1.807) is 24.5 Å². The van der Waals surface area contributed by atoms with E-state index in [2.05, 4.69) is 20.9 Å². The zero-order valence-corrected chi connectivity index (χ0v) is 10.2. The molecule has 82 valence electrons. The predicted molar refractivity (Wildman–Crippen MR) is 64.5 cm³/mol. The molecule has 0 aliphatic carbocycles. The van der Waals surface area contributed by atoms with Gasteiger partial charge in [-0.05, 0) is 25.1 Å². The van der Waals surface area contributed by atoms with Gasteiger partial charge in [-0.25, -0.2) is 4.98 Å². The van der Waals surface area contributed by atoms with Gasteiger partial charge in [-0.1, -0.05) is 15.9 Å². The molecule has 0 aliphatic rings. The van der Waals surface area contributed by atoms with Gasteiger partial charge in [0.2, 0.25) is 0 Å². The molecule has 0 spiro atoms. The van der Waals surface area contributed by atoms with Crippen LogP contribution in [0.2, 0.25) is 0 Å². The monoisotopic (exact) mass is 279 g/mol. The number of carbonyl (C=O) groups excluding carboxylic acids is 1. The lowest BCUT2D eigenvalue weighted by molar-refractivity contribution is 0.100. The summed E-state index contributed by atoms with van der Waals surface area (Å²) in [6.07, 6.45) is 3.48. The number of amides is 1. The summed E-state index contributed by atoms with van der Waals surface area (Å²) in [5.41, 5.74) is 6.54. The van der Waals surface area contributed by atoms with Crippen LogP contribution < -0.4 is 5.73 Å². The van der Waals surface area contributed by atoms with Crippen molar-refractivity contribution in [3.63, 3.8) is 0 Å². The number of nitrogens with zero attached hydrogens (tertiary/aromatic N) is 2. The average molecular weight is 280 g/mol. The highest BCUT2D eigenvalue weighted by molar-refractivity contribution is 9.10. The maximum absolute atomic E-state index is 11.3. The molecule has 2 N–H and O–H groups in total. The number of aromatic nitrogens is 2. The number of carbonyl (C=O) groups is 1.